The van der Waals surface area contributed by atoms with Gasteiger partial charge in [-0.2, -0.15) is 0 Å². The Morgan fingerprint density at radius 2 is 1.66 bits per heavy atom. The Hall–Kier alpha value is -3.41. The second-order valence-corrected chi connectivity index (χ2v) is 8.44. The van der Waals surface area contributed by atoms with E-state index in [-0.39, 0.29) is 6.03 Å². The van der Waals surface area contributed by atoms with Gasteiger partial charge in [-0.25, -0.2) is 14.8 Å². The summed E-state index contributed by atoms with van der Waals surface area (Å²) in [5, 5.41) is 3.03. The lowest BCUT2D eigenvalue weighted by atomic mass is 10.0. The number of rotatable bonds is 4. The first kappa shape index (κ1) is 21.8. The van der Waals surface area contributed by atoms with Crippen LogP contribution in [-0.2, 0) is 6.42 Å². The molecule has 1 saturated heterocycles. The van der Waals surface area contributed by atoms with Gasteiger partial charge in [0, 0.05) is 49.5 Å². The predicted octanol–water partition coefficient (Wildman–Crippen LogP) is 4.74. The number of carbonyl (C=O) groups is 1. The molecule has 0 unspecified atom stereocenters. The average Bonchev–Trinajstić information content (AvgIpc) is 3.04. The zero-order chi connectivity index (χ0) is 22.5. The Bertz CT molecular complexity index is 1070. The zero-order valence-electron chi connectivity index (χ0n) is 19.1. The van der Waals surface area contributed by atoms with Crippen molar-refractivity contribution >= 4 is 17.5 Å². The minimum atomic E-state index is -0.0461. The summed E-state index contributed by atoms with van der Waals surface area (Å²) in [5.74, 6) is 1.78. The van der Waals surface area contributed by atoms with E-state index in [1.165, 1.54) is 16.7 Å². The normalized spacial score (nSPS) is 14.2. The number of benzene rings is 2. The van der Waals surface area contributed by atoms with Gasteiger partial charge in [0.1, 0.15) is 11.6 Å². The van der Waals surface area contributed by atoms with Gasteiger partial charge in [-0.05, 0) is 44.9 Å². The first-order valence-electron chi connectivity index (χ1n) is 11.2. The van der Waals surface area contributed by atoms with E-state index in [1.54, 1.807) is 0 Å². The third-order valence-electron chi connectivity index (χ3n) is 5.91. The Labute approximate surface area is 190 Å². The molecule has 1 aliphatic heterocycles. The number of aromatic nitrogens is 2. The van der Waals surface area contributed by atoms with Crippen LogP contribution in [0.3, 0.4) is 0 Å². The third kappa shape index (κ3) is 5.25. The summed E-state index contributed by atoms with van der Waals surface area (Å²) >= 11 is 0. The molecule has 1 N–H and O–H groups in total. The number of carbonyl (C=O) groups excluding carboxylic acids is 1. The van der Waals surface area contributed by atoms with Crippen LogP contribution in [0.1, 0.15) is 34.6 Å². The van der Waals surface area contributed by atoms with Crippen LogP contribution in [-0.4, -0.2) is 47.1 Å². The second-order valence-electron chi connectivity index (χ2n) is 8.44. The maximum absolute atomic E-state index is 12.8. The largest absolute Gasteiger partial charge is 0.354 e. The first-order valence-corrected chi connectivity index (χ1v) is 11.2. The topological polar surface area (TPSA) is 61.4 Å². The Morgan fingerprint density at radius 1 is 0.906 bits per heavy atom. The van der Waals surface area contributed by atoms with Crippen LogP contribution in [0, 0.1) is 20.8 Å². The Morgan fingerprint density at radius 3 is 2.41 bits per heavy atom. The van der Waals surface area contributed by atoms with E-state index < -0.39 is 0 Å². The number of nitrogens with zero attached hydrogens (tertiary/aromatic N) is 4. The van der Waals surface area contributed by atoms with Crippen molar-refractivity contribution in [1.82, 2.24) is 14.9 Å². The maximum atomic E-state index is 12.8. The van der Waals surface area contributed by atoms with E-state index in [2.05, 4.69) is 46.4 Å². The van der Waals surface area contributed by atoms with Crippen molar-refractivity contribution < 1.29 is 4.79 Å². The van der Waals surface area contributed by atoms with Crippen molar-refractivity contribution in [3.63, 3.8) is 0 Å². The van der Waals surface area contributed by atoms with Crippen molar-refractivity contribution in [3.05, 3.63) is 82.8 Å². The number of nitrogens with one attached hydrogen (secondary N) is 1. The van der Waals surface area contributed by atoms with Crippen molar-refractivity contribution in [2.75, 3.05) is 36.4 Å². The quantitative estimate of drug-likeness (QED) is 0.651. The summed E-state index contributed by atoms with van der Waals surface area (Å²) in [6, 6.07) is 18.3. The lowest BCUT2D eigenvalue weighted by Gasteiger charge is -2.26. The van der Waals surface area contributed by atoms with Crippen molar-refractivity contribution in [1.29, 1.82) is 0 Å². The highest BCUT2D eigenvalue weighted by Gasteiger charge is 2.23. The molecule has 0 spiro atoms. The van der Waals surface area contributed by atoms with Gasteiger partial charge in [-0.1, -0.05) is 48.0 Å². The molecule has 6 nitrogen and oxygen atoms in total. The SMILES string of the molecule is Cc1ccc(NC(=O)N2CCCN(c3nc(C)nc(C)c3Cc3ccccc3)CC2)cc1. The predicted molar refractivity (Wildman–Crippen MR) is 129 cm³/mol. The molecule has 1 fully saturated rings. The highest BCUT2D eigenvalue weighted by atomic mass is 16.2. The highest BCUT2D eigenvalue weighted by Crippen LogP contribution is 2.25. The van der Waals surface area contributed by atoms with Crippen molar-refractivity contribution in [3.8, 4) is 0 Å². The van der Waals surface area contributed by atoms with Gasteiger partial charge >= 0.3 is 6.03 Å². The van der Waals surface area contributed by atoms with E-state index in [9.17, 15) is 4.79 Å². The van der Waals surface area contributed by atoms with E-state index in [4.69, 9.17) is 4.98 Å². The van der Waals surface area contributed by atoms with Crippen LogP contribution >= 0.6 is 0 Å². The zero-order valence-corrected chi connectivity index (χ0v) is 19.1. The van der Waals surface area contributed by atoms with Crippen molar-refractivity contribution in [2.24, 2.45) is 0 Å². The number of hydrogen-bond donors (Lipinski definition) is 1. The smallest absolute Gasteiger partial charge is 0.321 e. The molecule has 0 radical (unpaired) electrons. The van der Waals surface area contributed by atoms with E-state index >= 15 is 0 Å². The van der Waals surface area contributed by atoms with Gasteiger partial charge in [0.05, 0.1) is 0 Å². The van der Waals surface area contributed by atoms with Gasteiger partial charge in [0.15, 0.2) is 0 Å². The minimum Gasteiger partial charge on any atom is -0.354 e. The van der Waals surface area contributed by atoms with Gasteiger partial charge in [0.2, 0.25) is 0 Å². The van der Waals surface area contributed by atoms with Crippen LogP contribution in [0.2, 0.25) is 0 Å². The molecule has 1 aromatic heterocycles. The highest BCUT2D eigenvalue weighted by molar-refractivity contribution is 5.89. The number of aryl methyl sites for hydroxylation is 3. The molecule has 2 heterocycles. The monoisotopic (exact) mass is 429 g/mol. The van der Waals surface area contributed by atoms with E-state index in [0.717, 1.165) is 55.5 Å². The summed E-state index contributed by atoms with van der Waals surface area (Å²) < 4.78 is 0. The van der Waals surface area contributed by atoms with E-state index in [0.29, 0.717) is 6.54 Å². The average molecular weight is 430 g/mol. The second kappa shape index (κ2) is 9.81. The Kier molecular flexibility index (Phi) is 6.69. The molecule has 3 aromatic rings. The van der Waals surface area contributed by atoms with Crippen LogP contribution in [0.4, 0.5) is 16.3 Å². The van der Waals surface area contributed by atoms with Gasteiger partial charge < -0.3 is 15.1 Å². The fourth-order valence-electron chi connectivity index (χ4n) is 4.16. The molecular formula is C26H31N5O. The third-order valence-corrected chi connectivity index (χ3v) is 5.91. The molecular weight excluding hydrogens is 398 g/mol. The maximum Gasteiger partial charge on any atom is 0.321 e. The molecule has 6 heteroatoms. The molecule has 0 aliphatic carbocycles. The molecule has 32 heavy (non-hydrogen) atoms. The lowest BCUT2D eigenvalue weighted by molar-refractivity contribution is 0.215. The van der Waals surface area contributed by atoms with Crippen LogP contribution in [0.25, 0.3) is 0 Å². The molecule has 0 saturated carbocycles. The molecule has 166 valence electrons. The summed E-state index contributed by atoms with van der Waals surface area (Å²) in [4.78, 5) is 26.5. The first-order chi connectivity index (χ1) is 15.5. The minimum absolute atomic E-state index is 0.0461. The molecule has 4 rings (SSSR count). The number of anilines is 2. The van der Waals surface area contributed by atoms with Crippen LogP contribution in [0.5, 0.6) is 0 Å². The molecule has 2 amide bonds. The van der Waals surface area contributed by atoms with Gasteiger partial charge in [0.25, 0.3) is 0 Å². The Balaban J connectivity index is 1.49. The van der Waals surface area contributed by atoms with Crippen LogP contribution in [0.15, 0.2) is 54.6 Å². The molecule has 0 bridgehead atoms. The number of amides is 2. The summed E-state index contributed by atoms with van der Waals surface area (Å²) in [6.07, 6.45) is 1.70. The molecule has 1 aliphatic rings. The summed E-state index contributed by atoms with van der Waals surface area (Å²) in [6.45, 7) is 9.05. The molecule has 2 aromatic carbocycles. The summed E-state index contributed by atoms with van der Waals surface area (Å²) in [5.41, 5.74) is 5.44. The number of urea groups is 1. The van der Waals surface area contributed by atoms with Gasteiger partial charge in [-0.3, -0.25) is 0 Å². The fraction of sp³-hybridized carbons (Fsp3) is 0.346. The van der Waals surface area contributed by atoms with Gasteiger partial charge in [-0.15, -0.1) is 0 Å². The fourth-order valence-corrected chi connectivity index (χ4v) is 4.16. The lowest BCUT2D eigenvalue weighted by Crippen LogP contribution is -2.38. The number of hydrogen-bond acceptors (Lipinski definition) is 4. The van der Waals surface area contributed by atoms with Crippen molar-refractivity contribution in [2.45, 2.75) is 33.6 Å². The molecule has 0 atom stereocenters. The standard InChI is InChI=1S/C26H31N5O/c1-19-10-12-23(13-11-19)29-26(32)31-15-7-14-30(16-17-31)25-24(20(2)27-21(3)28-25)18-22-8-5-4-6-9-22/h4-6,8-13H,7,14-18H2,1-3H3,(H,29,32). The van der Waals surface area contributed by atoms with Crippen LogP contribution < -0.4 is 10.2 Å². The van der Waals surface area contributed by atoms with E-state index in [1.807, 2.05) is 49.1 Å². The summed E-state index contributed by atoms with van der Waals surface area (Å²) in [7, 11) is 0.